The molecule has 0 spiro atoms. The number of aryl methyl sites for hydroxylation is 1. The zero-order chi connectivity index (χ0) is 10.7. The molecule has 0 saturated heterocycles. The highest BCUT2D eigenvalue weighted by atomic mass is 19.2. The van der Waals surface area contributed by atoms with Crippen molar-refractivity contribution in [3.63, 3.8) is 0 Å². The molecule has 2 nitrogen and oxygen atoms in total. The predicted octanol–water partition coefficient (Wildman–Crippen LogP) is 2.20. The number of hydrogen-bond acceptors (Lipinski definition) is 2. The second kappa shape index (κ2) is 4.38. The summed E-state index contributed by atoms with van der Waals surface area (Å²) in [7, 11) is 0. The molecule has 2 rings (SSSR count). The lowest BCUT2D eigenvalue weighted by Gasteiger charge is -2.05. The van der Waals surface area contributed by atoms with Crippen LogP contribution in [-0.2, 0) is 11.2 Å². The maximum atomic E-state index is 12.8. The van der Waals surface area contributed by atoms with Gasteiger partial charge in [-0.05, 0) is 30.5 Å². The molecule has 0 N–H and O–H groups in total. The molecule has 0 aliphatic carbocycles. The summed E-state index contributed by atoms with van der Waals surface area (Å²) in [6, 6.07) is 4.05. The third kappa shape index (κ3) is 2.52. The maximum Gasteiger partial charge on any atom is 0.273 e. The van der Waals surface area contributed by atoms with Crippen molar-refractivity contribution in [2.45, 2.75) is 18.9 Å². The monoisotopic (exact) mass is 210 g/mol. The van der Waals surface area contributed by atoms with Crippen LogP contribution in [0, 0.1) is 11.6 Å². The van der Waals surface area contributed by atoms with Crippen LogP contribution in [0.5, 0.6) is 0 Å². The fourth-order valence-corrected chi connectivity index (χ4v) is 1.46. The number of nitrogens with zero attached hydrogens (tertiary/aromatic N) is 1. The molecule has 1 radical (unpaired) electrons. The Balaban J connectivity index is 1.93. The SMILES string of the molecule is Fc1ccc(CCC2CO[C]=N2)cc1F. The summed E-state index contributed by atoms with van der Waals surface area (Å²) in [4.78, 5) is 3.95. The van der Waals surface area contributed by atoms with E-state index in [4.69, 9.17) is 4.74 Å². The Morgan fingerprint density at radius 1 is 1.40 bits per heavy atom. The van der Waals surface area contributed by atoms with Crippen molar-refractivity contribution in [3.05, 3.63) is 35.4 Å². The summed E-state index contributed by atoms with van der Waals surface area (Å²) in [5.41, 5.74) is 0.774. The second-order valence-corrected chi connectivity index (χ2v) is 3.47. The van der Waals surface area contributed by atoms with Crippen LogP contribution < -0.4 is 0 Å². The van der Waals surface area contributed by atoms with Gasteiger partial charge in [-0.25, -0.2) is 13.8 Å². The van der Waals surface area contributed by atoms with Crippen LogP contribution in [0.4, 0.5) is 8.78 Å². The Kier molecular flexibility index (Phi) is 2.94. The smallest absolute Gasteiger partial charge is 0.273 e. The van der Waals surface area contributed by atoms with E-state index in [1.807, 2.05) is 0 Å². The Bertz CT molecular complexity index is 379. The molecule has 1 aromatic carbocycles. The first-order valence-electron chi connectivity index (χ1n) is 4.76. The highest BCUT2D eigenvalue weighted by Crippen LogP contribution is 2.13. The van der Waals surface area contributed by atoms with Crippen molar-refractivity contribution in [1.82, 2.24) is 0 Å². The number of halogens is 2. The van der Waals surface area contributed by atoms with E-state index in [0.717, 1.165) is 18.1 Å². The molecule has 0 bridgehead atoms. The van der Waals surface area contributed by atoms with E-state index >= 15 is 0 Å². The lowest BCUT2D eigenvalue weighted by atomic mass is 10.1. The Morgan fingerprint density at radius 3 is 2.93 bits per heavy atom. The Hall–Kier alpha value is -1.45. The predicted molar refractivity (Wildman–Crippen MR) is 51.9 cm³/mol. The second-order valence-electron chi connectivity index (χ2n) is 3.47. The van der Waals surface area contributed by atoms with Gasteiger partial charge < -0.3 is 4.74 Å². The van der Waals surface area contributed by atoms with Crippen LogP contribution in [-0.4, -0.2) is 19.0 Å². The van der Waals surface area contributed by atoms with Gasteiger partial charge in [0.2, 0.25) is 0 Å². The summed E-state index contributed by atoms with van der Waals surface area (Å²) in [5, 5.41) is 0. The topological polar surface area (TPSA) is 21.6 Å². The fourth-order valence-electron chi connectivity index (χ4n) is 1.46. The van der Waals surface area contributed by atoms with Crippen LogP contribution >= 0.6 is 0 Å². The third-order valence-electron chi connectivity index (χ3n) is 2.33. The lowest BCUT2D eigenvalue weighted by molar-refractivity contribution is 0.322. The van der Waals surface area contributed by atoms with Crippen molar-refractivity contribution in [2.75, 3.05) is 6.61 Å². The van der Waals surface area contributed by atoms with Gasteiger partial charge in [-0.15, -0.1) is 0 Å². The van der Waals surface area contributed by atoms with Gasteiger partial charge in [-0.3, -0.25) is 0 Å². The van der Waals surface area contributed by atoms with Gasteiger partial charge in [0, 0.05) is 0 Å². The van der Waals surface area contributed by atoms with E-state index < -0.39 is 11.6 Å². The minimum atomic E-state index is -0.811. The van der Waals surface area contributed by atoms with E-state index in [2.05, 4.69) is 11.4 Å². The van der Waals surface area contributed by atoms with E-state index in [1.165, 1.54) is 6.07 Å². The zero-order valence-electron chi connectivity index (χ0n) is 8.04. The minimum absolute atomic E-state index is 0.0955. The van der Waals surface area contributed by atoms with Crippen molar-refractivity contribution in [2.24, 2.45) is 4.99 Å². The van der Waals surface area contributed by atoms with Crippen LogP contribution in [0.15, 0.2) is 23.2 Å². The first-order chi connectivity index (χ1) is 7.25. The standard InChI is InChI=1S/C11H10F2NO/c12-10-4-2-8(5-11(10)13)1-3-9-6-15-7-14-9/h2,4-5,9H,1,3,6H2. The quantitative estimate of drug-likeness (QED) is 0.749. The molecule has 1 unspecified atom stereocenters. The molecule has 0 fully saturated rings. The van der Waals surface area contributed by atoms with Crippen molar-refractivity contribution in [3.8, 4) is 0 Å². The molecule has 0 amide bonds. The average molecular weight is 210 g/mol. The molecular weight excluding hydrogens is 200 g/mol. The van der Waals surface area contributed by atoms with Gasteiger partial charge in [-0.2, -0.15) is 0 Å². The molecule has 79 valence electrons. The zero-order valence-corrected chi connectivity index (χ0v) is 8.04. The van der Waals surface area contributed by atoms with Gasteiger partial charge >= 0.3 is 0 Å². The molecule has 1 atom stereocenters. The van der Waals surface area contributed by atoms with Gasteiger partial charge in [-0.1, -0.05) is 6.07 Å². The number of rotatable bonds is 3. The first kappa shape index (κ1) is 10.1. The summed E-state index contributed by atoms with van der Waals surface area (Å²) >= 11 is 0. The van der Waals surface area contributed by atoms with Crippen LogP contribution in [0.1, 0.15) is 12.0 Å². The first-order valence-corrected chi connectivity index (χ1v) is 4.76. The average Bonchev–Trinajstić information content (AvgIpc) is 2.73. The Labute approximate surface area is 86.6 Å². The van der Waals surface area contributed by atoms with Crippen molar-refractivity contribution < 1.29 is 13.5 Å². The largest absolute Gasteiger partial charge is 0.472 e. The van der Waals surface area contributed by atoms with Gasteiger partial charge in [0.05, 0.1) is 6.04 Å². The number of hydrogen-bond donors (Lipinski definition) is 0. The summed E-state index contributed by atoms with van der Waals surface area (Å²) < 4.78 is 30.3. The highest BCUT2D eigenvalue weighted by Gasteiger charge is 2.12. The maximum absolute atomic E-state index is 12.8. The molecule has 1 aliphatic rings. The highest BCUT2D eigenvalue weighted by molar-refractivity contribution is 5.48. The lowest BCUT2D eigenvalue weighted by Crippen LogP contribution is -2.07. The molecule has 1 aliphatic heterocycles. The molecule has 1 heterocycles. The van der Waals surface area contributed by atoms with Gasteiger partial charge in [0.25, 0.3) is 6.40 Å². The van der Waals surface area contributed by atoms with Crippen molar-refractivity contribution in [1.29, 1.82) is 0 Å². The van der Waals surface area contributed by atoms with Crippen LogP contribution in [0.2, 0.25) is 0 Å². The van der Waals surface area contributed by atoms with Gasteiger partial charge in [0.15, 0.2) is 11.6 Å². The van der Waals surface area contributed by atoms with Crippen molar-refractivity contribution >= 4 is 6.40 Å². The van der Waals surface area contributed by atoms with Crippen LogP contribution in [0.25, 0.3) is 0 Å². The summed E-state index contributed by atoms with van der Waals surface area (Å²) in [6.45, 7) is 0.531. The van der Waals surface area contributed by atoms with Gasteiger partial charge in [0.1, 0.15) is 6.61 Å². The fraction of sp³-hybridized carbons (Fsp3) is 0.364. The summed E-state index contributed by atoms with van der Waals surface area (Å²) in [6.07, 6.45) is 3.85. The summed E-state index contributed by atoms with van der Waals surface area (Å²) in [5.74, 6) is -1.61. The molecule has 0 saturated carbocycles. The molecular formula is C11H10F2NO. The number of ether oxygens (including phenoxy) is 1. The Morgan fingerprint density at radius 2 is 2.27 bits per heavy atom. The van der Waals surface area contributed by atoms with Crippen LogP contribution in [0.3, 0.4) is 0 Å². The third-order valence-corrected chi connectivity index (χ3v) is 2.33. The van der Waals surface area contributed by atoms with E-state index in [9.17, 15) is 8.78 Å². The van der Waals surface area contributed by atoms with E-state index in [1.54, 1.807) is 6.07 Å². The normalized spacial score (nSPS) is 19.2. The van der Waals surface area contributed by atoms with E-state index in [0.29, 0.717) is 13.0 Å². The number of aliphatic imine (C=N–C) groups is 1. The minimum Gasteiger partial charge on any atom is -0.472 e. The molecule has 15 heavy (non-hydrogen) atoms. The van der Waals surface area contributed by atoms with E-state index in [-0.39, 0.29) is 6.04 Å². The molecule has 0 aromatic heterocycles. The number of benzene rings is 1. The molecule has 4 heteroatoms. The molecule has 1 aromatic rings.